The van der Waals surface area contributed by atoms with Crippen molar-refractivity contribution in [2.24, 2.45) is 5.92 Å². The van der Waals surface area contributed by atoms with E-state index in [0.717, 1.165) is 56.4 Å². The predicted molar refractivity (Wildman–Crippen MR) is 92.5 cm³/mol. The zero-order valence-corrected chi connectivity index (χ0v) is 14.8. The molecule has 146 valence electrons. The summed E-state index contributed by atoms with van der Waals surface area (Å²) in [5.41, 5.74) is -0.797. The molecule has 1 atom stereocenters. The monoisotopic (exact) mass is 381 g/mol. The Balaban J connectivity index is 2.06. The first-order valence-corrected chi connectivity index (χ1v) is 8.94. The first-order chi connectivity index (χ1) is 12.8. The van der Waals surface area contributed by atoms with E-state index in [2.05, 4.69) is 10.6 Å². The molecule has 0 spiro atoms. The molecule has 0 bridgehead atoms. The maximum Gasteiger partial charge on any atom is 0.416 e. The fourth-order valence-corrected chi connectivity index (χ4v) is 3.29. The average Bonchev–Trinajstić information content (AvgIpc) is 2.65. The number of amides is 2. The van der Waals surface area contributed by atoms with Gasteiger partial charge in [0.25, 0.3) is 5.91 Å². The van der Waals surface area contributed by atoms with Crippen molar-refractivity contribution in [1.29, 1.82) is 5.26 Å². The number of hydrogen-bond acceptors (Lipinski definition) is 3. The predicted octanol–water partition coefficient (Wildman–Crippen LogP) is 3.41. The number of hydrogen-bond donors (Lipinski definition) is 2. The van der Waals surface area contributed by atoms with Crippen LogP contribution in [0, 0.1) is 17.2 Å². The lowest BCUT2D eigenvalue weighted by Gasteiger charge is -2.26. The summed E-state index contributed by atoms with van der Waals surface area (Å²) in [5, 5.41) is 13.7. The standard InChI is InChI=1S/C19H22F3N3O2/c20-19(21,22)15-8-6-14(7-9-15)17(26)25-16(18(27)24-11-10-23)12-13-4-2-1-3-5-13/h6-9,13,16H,1-5,11-12H2,(H,24,27)(H,25,26). The summed E-state index contributed by atoms with van der Waals surface area (Å²) < 4.78 is 37.9. The van der Waals surface area contributed by atoms with E-state index in [4.69, 9.17) is 5.26 Å². The average molecular weight is 381 g/mol. The lowest BCUT2D eigenvalue weighted by atomic mass is 9.84. The minimum absolute atomic E-state index is 0.0460. The Morgan fingerprint density at radius 1 is 1.15 bits per heavy atom. The van der Waals surface area contributed by atoms with Gasteiger partial charge in [0, 0.05) is 5.56 Å². The molecule has 2 amide bonds. The van der Waals surface area contributed by atoms with Crippen molar-refractivity contribution in [2.45, 2.75) is 50.7 Å². The van der Waals surface area contributed by atoms with E-state index >= 15 is 0 Å². The Labute approximate surface area is 155 Å². The number of carbonyl (C=O) groups is 2. The molecule has 8 heteroatoms. The molecule has 0 saturated heterocycles. The maximum absolute atomic E-state index is 12.6. The van der Waals surface area contributed by atoms with E-state index in [0.29, 0.717) is 12.3 Å². The molecule has 2 N–H and O–H groups in total. The molecule has 1 aliphatic carbocycles. The molecular formula is C19H22F3N3O2. The second-order valence-electron chi connectivity index (χ2n) is 6.72. The van der Waals surface area contributed by atoms with E-state index < -0.39 is 29.6 Å². The van der Waals surface area contributed by atoms with Gasteiger partial charge in [0.15, 0.2) is 0 Å². The summed E-state index contributed by atoms with van der Waals surface area (Å²) in [6.45, 7) is -0.170. The van der Waals surface area contributed by atoms with Gasteiger partial charge in [-0.05, 0) is 36.6 Å². The summed E-state index contributed by atoms with van der Waals surface area (Å²) in [7, 11) is 0. The molecule has 1 unspecified atom stereocenters. The van der Waals surface area contributed by atoms with E-state index in [1.165, 1.54) is 0 Å². The van der Waals surface area contributed by atoms with Crippen molar-refractivity contribution in [2.75, 3.05) is 6.54 Å². The summed E-state index contributed by atoms with van der Waals surface area (Å²) in [6, 6.07) is 4.83. The van der Waals surface area contributed by atoms with Gasteiger partial charge in [-0.2, -0.15) is 18.4 Å². The molecule has 2 rings (SSSR count). The Kier molecular flexibility index (Phi) is 7.22. The number of nitriles is 1. The highest BCUT2D eigenvalue weighted by Crippen LogP contribution is 2.29. The van der Waals surface area contributed by atoms with Crippen LogP contribution in [-0.4, -0.2) is 24.4 Å². The van der Waals surface area contributed by atoms with Gasteiger partial charge in [0.1, 0.15) is 12.6 Å². The molecule has 1 aromatic carbocycles. The quantitative estimate of drug-likeness (QED) is 0.741. The van der Waals surface area contributed by atoms with Crippen LogP contribution in [0.4, 0.5) is 13.2 Å². The van der Waals surface area contributed by atoms with E-state index in [9.17, 15) is 22.8 Å². The van der Waals surface area contributed by atoms with Crippen molar-refractivity contribution in [3.63, 3.8) is 0 Å². The Bertz CT molecular complexity index is 690. The zero-order chi connectivity index (χ0) is 19.9. The number of rotatable bonds is 6. The van der Waals surface area contributed by atoms with Crippen LogP contribution in [0.25, 0.3) is 0 Å². The minimum Gasteiger partial charge on any atom is -0.341 e. The lowest BCUT2D eigenvalue weighted by Crippen LogP contribution is -2.48. The summed E-state index contributed by atoms with van der Waals surface area (Å²) >= 11 is 0. The lowest BCUT2D eigenvalue weighted by molar-refractivity contribution is -0.137. The smallest absolute Gasteiger partial charge is 0.341 e. The first-order valence-electron chi connectivity index (χ1n) is 8.94. The third kappa shape index (κ3) is 6.27. The first kappa shape index (κ1) is 20.7. The number of alkyl halides is 3. The van der Waals surface area contributed by atoms with Crippen LogP contribution in [0.5, 0.6) is 0 Å². The van der Waals surface area contributed by atoms with Crippen molar-refractivity contribution in [3.8, 4) is 6.07 Å². The van der Waals surface area contributed by atoms with Gasteiger partial charge in [-0.3, -0.25) is 9.59 Å². The molecule has 1 fully saturated rings. The Hall–Kier alpha value is -2.56. The van der Waals surface area contributed by atoms with Gasteiger partial charge in [-0.1, -0.05) is 32.1 Å². The SMILES string of the molecule is N#CCNC(=O)C(CC1CCCCC1)NC(=O)c1ccc(C(F)(F)F)cc1. The largest absolute Gasteiger partial charge is 0.416 e. The van der Waals surface area contributed by atoms with Gasteiger partial charge < -0.3 is 10.6 Å². The van der Waals surface area contributed by atoms with Crippen LogP contribution in [0.3, 0.4) is 0 Å². The topological polar surface area (TPSA) is 82.0 Å². The van der Waals surface area contributed by atoms with Crippen LogP contribution in [0.15, 0.2) is 24.3 Å². The fraction of sp³-hybridized carbons (Fsp3) is 0.526. The molecular weight excluding hydrogens is 359 g/mol. The molecule has 0 aromatic heterocycles. The Morgan fingerprint density at radius 3 is 2.33 bits per heavy atom. The highest BCUT2D eigenvalue weighted by molar-refractivity contribution is 5.97. The molecule has 5 nitrogen and oxygen atoms in total. The van der Waals surface area contributed by atoms with Crippen LogP contribution in [0.2, 0.25) is 0 Å². The number of nitrogens with zero attached hydrogens (tertiary/aromatic N) is 1. The van der Waals surface area contributed by atoms with Crippen LogP contribution in [-0.2, 0) is 11.0 Å². The van der Waals surface area contributed by atoms with Crippen molar-refractivity contribution in [1.82, 2.24) is 10.6 Å². The summed E-state index contributed by atoms with van der Waals surface area (Å²) in [6.07, 6.45) is 1.21. The number of halogens is 3. The molecule has 1 saturated carbocycles. The van der Waals surface area contributed by atoms with E-state index in [-0.39, 0.29) is 12.1 Å². The van der Waals surface area contributed by atoms with Crippen molar-refractivity contribution >= 4 is 11.8 Å². The normalized spacial score (nSPS) is 16.2. The maximum atomic E-state index is 12.6. The van der Waals surface area contributed by atoms with Crippen LogP contribution < -0.4 is 10.6 Å². The molecule has 27 heavy (non-hydrogen) atoms. The minimum atomic E-state index is -4.48. The molecule has 0 heterocycles. The third-order valence-electron chi connectivity index (χ3n) is 4.73. The molecule has 1 aromatic rings. The molecule has 0 radical (unpaired) electrons. The second-order valence-corrected chi connectivity index (χ2v) is 6.72. The second kappa shape index (κ2) is 9.40. The van der Waals surface area contributed by atoms with Crippen molar-refractivity contribution < 1.29 is 22.8 Å². The van der Waals surface area contributed by atoms with E-state index in [1.54, 1.807) is 0 Å². The molecule has 0 aliphatic heterocycles. The van der Waals surface area contributed by atoms with Gasteiger partial charge in [0.2, 0.25) is 5.91 Å². The number of carbonyl (C=O) groups excluding carboxylic acids is 2. The number of benzene rings is 1. The van der Waals surface area contributed by atoms with Gasteiger partial charge in [-0.25, -0.2) is 0 Å². The summed E-state index contributed by atoms with van der Waals surface area (Å²) in [4.78, 5) is 24.7. The highest BCUT2D eigenvalue weighted by Gasteiger charge is 2.31. The third-order valence-corrected chi connectivity index (χ3v) is 4.73. The number of nitrogens with one attached hydrogen (secondary N) is 2. The summed E-state index contributed by atoms with van der Waals surface area (Å²) in [5.74, 6) is -0.775. The van der Waals surface area contributed by atoms with Gasteiger partial charge in [-0.15, -0.1) is 0 Å². The highest BCUT2D eigenvalue weighted by atomic mass is 19.4. The van der Waals surface area contributed by atoms with Gasteiger partial charge >= 0.3 is 6.18 Å². The molecule has 1 aliphatic rings. The van der Waals surface area contributed by atoms with Crippen molar-refractivity contribution in [3.05, 3.63) is 35.4 Å². The van der Waals surface area contributed by atoms with Crippen LogP contribution >= 0.6 is 0 Å². The fourth-order valence-electron chi connectivity index (χ4n) is 3.29. The van der Waals surface area contributed by atoms with Crippen LogP contribution in [0.1, 0.15) is 54.4 Å². The van der Waals surface area contributed by atoms with E-state index in [1.807, 2.05) is 6.07 Å². The van der Waals surface area contributed by atoms with Gasteiger partial charge in [0.05, 0.1) is 11.6 Å². The Morgan fingerprint density at radius 2 is 1.78 bits per heavy atom. The zero-order valence-electron chi connectivity index (χ0n) is 14.8.